The van der Waals surface area contributed by atoms with Crippen molar-refractivity contribution in [2.24, 2.45) is 5.92 Å². The van der Waals surface area contributed by atoms with Crippen molar-refractivity contribution in [3.8, 4) is 11.5 Å². The molecule has 0 atom stereocenters. The van der Waals surface area contributed by atoms with Crippen LogP contribution in [0.25, 0.3) is 0 Å². The number of rotatable bonds is 12. The van der Waals surface area contributed by atoms with Gasteiger partial charge in [-0.2, -0.15) is 13.2 Å². The number of methoxy groups -OCH3 is 2. The van der Waals surface area contributed by atoms with E-state index in [0.717, 1.165) is 17.7 Å². The van der Waals surface area contributed by atoms with Gasteiger partial charge in [0, 0.05) is 18.7 Å². The number of furan rings is 1. The fourth-order valence-corrected chi connectivity index (χ4v) is 4.12. The lowest BCUT2D eigenvalue weighted by atomic mass is 10.1. The molecule has 39 heavy (non-hydrogen) atoms. The van der Waals surface area contributed by atoms with Gasteiger partial charge < -0.3 is 23.7 Å². The molecule has 0 aliphatic rings. The Morgan fingerprint density at radius 1 is 0.949 bits per heavy atom. The molecule has 0 N–H and O–H groups in total. The smallest absolute Gasteiger partial charge is 0.416 e. The average molecular weight is 547 g/mol. The predicted octanol–water partition coefficient (Wildman–Crippen LogP) is 5.69. The lowest BCUT2D eigenvalue weighted by Gasteiger charge is -2.28. The van der Waals surface area contributed by atoms with E-state index in [1.165, 1.54) is 23.3 Å². The second kappa shape index (κ2) is 13.2. The van der Waals surface area contributed by atoms with E-state index < -0.39 is 17.6 Å². The third-order valence-corrected chi connectivity index (χ3v) is 6.03. The maximum atomic E-state index is 13.5. The topological polar surface area (TPSA) is 72.2 Å². The number of hydrogen-bond acceptors (Lipinski definition) is 5. The number of carbonyl (C=O) groups is 2. The number of halogens is 3. The summed E-state index contributed by atoms with van der Waals surface area (Å²) >= 11 is 0. The predicted molar refractivity (Wildman–Crippen MR) is 140 cm³/mol. The number of benzene rings is 2. The molecule has 1 heterocycles. The Morgan fingerprint density at radius 3 is 2.31 bits per heavy atom. The van der Waals surface area contributed by atoms with E-state index in [1.807, 2.05) is 26.0 Å². The number of alkyl halides is 3. The summed E-state index contributed by atoms with van der Waals surface area (Å²) in [6, 6.07) is 13.2. The third-order valence-electron chi connectivity index (χ3n) is 6.03. The summed E-state index contributed by atoms with van der Waals surface area (Å²) in [6.07, 6.45) is -2.59. The molecule has 10 heteroatoms. The first kappa shape index (κ1) is 29.6. The van der Waals surface area contributed by atoms with Crippen LogP contribution in [0.2, 0.25) is 0 Å². The zero-order chi connectivity index (χ0) is 28.6. The second-order valence-corrected chi connectivity index (χ2v) is 9.49. The van der Waals surface area contributed by atoms with Gasteiger partial charge in [-0.25, -0.2) is 0 Å². The lowest BCUT2D eigenvalue weighted by molar-refractivity contribution is -0.137. The van der Waals surface area contributed by atoms with Crippen molar-refractivity contribution in [1.29, 1.82) is 0 Å². The SMILES string of the molecule is COc1ccc(CCN(Cc2ccco2)C(=O)CN(CC(C)C)C(=O)c2cccc(C(F)(F)F)c2)cc1OC. The molecule has 0 saturated heterocycles. The fraction of sp³-hybridized carbons (Fsp3) is 0.379. The fourth-order valence-electron chi connectivity index (χ4n) is 4.12. The van der Waals surface area contributed by atoms with Crippen LogP contribution in [0.1, 0.15) is 41.1 Å². The average Bonchev–Trinajstić information content (AvgIpc) is 3.42. The van der Waals surface area contributed by atoms with Crippen LogP contribution in [0.3, 0.4) is 0 Å². The minimum atomic E-state index is -4.58. The summed E-state index contributed by atoms with van der Waals surface area (Å²) < 4.78 is 55.8. The third kappa shape index (κ3) is 8.27. The highest BCUT2D eigenvalue weighted by atomic mass is 19.4. The molecule has 0 radical (unpaired) electrons. The minimum absolute atomic E-state index is 0.0159. The summed E-state index contributed by atoms with van der Waals surface area (Å²) in [5, 5.41) is 0. The van der Waals surface area contributed by atoms with Crippen molar-refractivity contribution in [3.63, 3.8) is 0 Å². The van der Waals surface area contributed by atoms with Crippen LogP contribution in [0.15, 0.2) is 65.3 Å². The van der Waals surface area contributed by atoms with Crippen LogP contribution in [-0.4, -0.2) is 55.5 Å². The van der Waals surface area contributed by atoms with E-state index in [2.05, 4.69) is 0 Å². The highest BCUT2D eigenvalue weighted by Crippen LogP contribution is 2.30. The molecule has 210 valence electrons. The molecular weight excluding hydrogens is 513 g/mol. The van der Waals surface area contributed by atoms with Crippen molar-refractivity contribution >= 4 is 11.8 Å². The number of ether oxygens (including phenoxy) is 2. The first-order valence-corrected chi connectivity index (χ1v) is 12.5. The molecule has 0 saturated carbocycles. The molecule has 0 bridgehead atoms. The van der Waals surface area contributed by atoms with Gasteiger partial charge in [-0.3, -0.25) is 9.59 Å². The van der Waals surface area contributed by atoms with Gasteiger partial charge in [-0.15, -0.1) is 0 Å². The monoisotopic (exact) mass is 546 g/mol. The Kier molecular flexibility index (Phi) is 10.0. The summed E-state index contributed by atoms with van der Waals surface area (Å²) in [5.74, 6) is 0.706. The van der Waals surface area contributed by atoms with Gasteiger partial charge in [-0.1, -0.05) is 26.0 Å². The maximum absolute atomic E-state index is 13.5. The van der Waals surface area contributed by atoms with E-state index in [4.69, 9.17) is 13.9 Å². The Bertz CT molecular complexity index is 1240. The first-order valence-electron chi connectivity index (χ1n) is 12.5. The minimum Gasteiger partial charge on any atom is -0.493 e. The number of carbonyl (C=O) groups excluding carboxylic acids is 2. The van der Waals surface area contributed by atoms with E-state index in [-0.39, 0.29) is 37.0 Å². The lowest BCUT2D eigenvalue weighted by Crippen LogP contribution is -2.44. The molecule has 0 spiro atoms. The van der Waals surface area contributed by atoms with Gasteiger partial charge in [0.25, 0.3) is 5.91 Å². The Labute approximate surface area is 226 Å². The van der Waals surface area contributed by atoms with E-state index >= 15 is 0 Å². The van der Waals surface area contributed by atoms with Gasteiger partial charge in [0.2, 0.25) is 5.91 Å². The largest absolute Gasteiger partial charge is 0.493 e. The van der Waals surface area contributed by atoms with Crippen LogP contribution in [0.5, 0.6) is 11.5 Å². The summed E-state index contributed by atoms with van der Waals surface area (Å²) in [6.45, 7) is 4.13. The Hall–Kier alpha value is -3.95. The highest BCUT2D eigenvalue weighted by Gasteiger charge is 2.32. The molecule has 0 fully saturated rings. The van der Waals surface area contributed by atoms with Crippen LogP contribution in [0, 0.1) is 5.92 Å². The maximum Gasteiger partial charge on any atom is 0.416 e. The number of amides is 2. The molecule has 0 aliphatic heterocycles. The van der Waals surface area contributed by atoms with Crippen molar-refractivity contribution in [1.82, 2.24) is 9.80 Å². The van der Waals surface area contributed by atoms with Gasteiger partial charge in [0.15, 0.2) is 11.5 Å². The molecule has 3 rings (SSSR count). The van der Waals surface area contributed by atoms with E-state index in [9.17, 15) is 22.8 Å². The first-order chi connectivity index (χ1) is 18.5. The van der Waals surface area contributed by atoms with Gasteiger partial charge in [-0.05, 0) is 60.4 Å². The quantitative estimate of drug-likeness (QED) is 0.292. The van der Waals surface area contributed by atoms with Crippen LogP contribution >= 0.6 is 0 Å². The number of hydrogen-bond donors (Lipinski definition) is 0. The molecule has 2 aromatic carbocycles. The second-order valence-electron chi connectivity index (χ2n) is 9.49. The summed E-state index contributed by atoms with van der Waals surface area (Å²) in [7, 11) is 3.09. The van der Waals surface area contributed by atoms with Crippen LogP contribution < -0.4 is 9.47 Å². The molecule has 7 nitrogen and oxygen atoms in total. The Morgan fingerprint density at radius 2 is 1.69 bits per heavy atom. The molecule has 0 aliphatic carbocycles. The molecule has 3 aromatic rings. The van der Waals surface area contributed by atoms with Crippen LogP contribution in [-0.2, 0) is 23.9 Å². The zero-order valence-electron chi connectivity index (χ0n) is 22.5. The van der Waals surface area contributed by atoms with E-state index in [1.54, 1.807) is 37.3 Å². The normalized spacial score (nSPS) is 11.4. The molecule has 2 amide bonds. The summed E-state index contributed by atoms with van der Waals surface area (Å²) in [5.41, 5.74) is -0.135. The van der Waals surface area contributed by atoms with Crippen molar-refractivity contribution in [2.75, 3.05) is 33.9 Å². The van der Waals surface area contributed by atoms with Crippen molar-refractivity contribution in [2.45, 2.75) is 33.0 Å². The Balaban J connectivity index is 1.81. The number of nitrogens with zero attached hydrogens (tertiary/aromatic N) is 2. The molecule has 0 unspecified atom stereocenters. The van der Waals surface area contributed by atoms with E-state index in [0.29, 0.717) is 30.2 Å². The van der Waals surface area contributed by atoms with Crippen LogP contribution in [0.4, 0.5) is 13.2 Å². The zero-order valence-corrected chi connectivity index (χ0v) is 22.5. The summed E-state index contributed by atoms with van der Waals surface area (Å²) in [4.78, 5) is 29.7. The van der Waals surface area contributed by atoms with Crippen molar-refractivity contribution < 1.29 is 36.7 Å². The molecule has 1 aromatic heterocycles. The highest BCUT2D eigenvalue weighted by molar-refractivity contribution is 5.96. The standard InChI is InChI=1S/C29H33F3N2O5/c1-20(2)17-34(28(36)22-7-5-8-23(16-22)29(30,31)32)19-27(35)33(18-24-9-6-14-39-24)13-12-21-10-11-25(37-3)26(15-21)38-4/h5-11,14-16,20H,12-13,17-19H2,1-4H3. The van der Waals surface area contributed by atoms with Crippen molar-refractivity contribution in [3.05, 3.63) is 83.3 Å². The van der Waals surface area contributed by atoms with Gasteiger partial charge in [0.1, 0.15) is 12.3 Å². The van der Waals surface area contributed by atoms with Gasteiger partial charge >= 0.3 is 6.18 Å². The van der Waals surface area contributed by atoms with Gasteiger partial charge in [0.05, 0.1) is 32.6 Å². The molecular formula is C29H33F3N2O5.